The summed E-state index contributed by atoms with van der Waals surface area (Å²) in [6.45, 7) is 1.45. The molecule has 1 aromatic rings. The molecule has 0 saturated carbocycles. The van der Waals surface area contributed by atoms with E-state index in [-0.39, 0.29) is 28.4 Å². The summed E-state index contributed by atoms with van der Waals surface area (Å²) in [4.78, 5) is 45.8. The van der Waals surface area contributed by atoms with Crippen molar-refractivity contribution in [3.8, 4) is 0 Å². The minimum Gasteiger partial charge on any atom is -0.481 e. The monoisotopic (exact) mass is 344 g/mol. The lowest BCUT2D eigenvalue weighted by Crippen LogP contribution is -2.30. The van der Waals surface area contributed by atoms with Gasteiger partial charge in [-0.05, 0) is 12.5 Å². The highest BCUT2D eigenvalue weighted by Gasteiger charge is 2.26. The number of carboxylic acid groups (broad SMARTS) is 1. The van der Waals surface area contributed by atoms with Gasteiger partial charge >= 0.3 is 23.9 Å². The number of nitrogens with one attached hydrogen (secondary N) is 2. The number of anilines is 1. The number of aliphatic carboxylic acids is 1. The Morgan fingerprint density at radius 3 is 2.26 bits per heavy atom. The maximum absolute atomic E-state index is 11.8. The van der Waals surface area contributed by atoms with Crippen LogP contribution in [0.3, 0.4) is 0 Å². The van der Waals surface area contributed by atoms with Crippen molar-refractivity contribution in [2.75, 3.05) is 26.1 Å². The van der Waals surface area contributed by atoms with Gasteiger partial charge in [0.15, 0.2) is 0 Å². The second-order valence-electron chi connectivity index (χ2n) is 4.27. The molecule has 0 unspecified atom stereocenters. The molecule has 0 fully saturated rings. The zero-order chi connectivity index (χ0) is 17.6. The number of hydrogen-bond acceptors (Lipinski definition) is 7. The van der Waals surface area contributed by atoms with Crippen molar-refractivity contribution in [2.24, 2.45) is 0 Å². The molecule has 126 valence electrons. The van der Waals surface area contributed by atoms with Crippen LogP contribution in [-0.2, 0) is 14.3 Å². The number of carbonyl (C=O) groups is 4. The summed E-state index contributed by atoms with van der Waals surface area (Å²) >= 11 is 0.867. The Bertz CT molecular complexity index is 639. The second kappa shape index (κ2) is 8.13. The first-order chi connectivity index (χ1) is 10.8. The number of rotatable bonds is 6. The molecule has 9 nitrogen and oxygen atoms in total. The van der Waals surface area contributed by atoms with Gasteiger partial charge < -0.3 is 19.9 Å². The van der Waals surface area contributed by atoms with Crippen molar-refractivity contribution >= 4 is 40.3 Å². The Balaban J connectivity index is 3.00. The zero-order valence-electron chi connectivity index (χ0n) is 12.7. The molecule has 10 heteroatoms. The lowest BCUT2D eigenvalue weighted by atomic mass is 10.1. The molecular weight excluding hydrogens is 328 g/mol. The van der Waals surface area contributed by atoms with Gasteiger partial charge in [0.05, 0.1) is 26.2 Å². The van der Waals surface area contributed by atoms with E-state index in [0.29, 0.717) is 5.56 Å². The van der Waals surface area contributed by atoms with Gasteiger partial charge in [-0.3, -0.25) is 10.1 Å². The average Bonchev–Trinajstić information content (AvgIpc) is 2.81. The molecule has 0 aromatic carbocycles. The first-order valence-electron chi connectivity index (χ1n) is 6.38. The van der Waals surface area contributed by atoms with Gasteiger partial charge in [0.1, 0.15) is 9.88 Å². The SMILES string of the molecule is COC(=O)c1sc(NC(=O)NCCC(=O)O)c(C(=O)OC)c1C. The standard InChI is InChI=1S/C13H16N2O7S/c1-6-8(11(18)21-2)10(23-9(6)12(19)22-3)15-13(20)14-5-4-7(16)17/h4-5H2,1-3H3,(H,16,17)(H2,14,15,20). The molecule has 1 aromatic heterocycles. The van der Waals surface area contributed by atoms with Crippen LogP contribution < -0.4 is 10.6 Å². The van der Waals surface area contributed by atoms with Crippen LogP contribution in [0.2, 0.25) is 0 Å². The quantitative estimate of drug-likeness (QED) is 0.661. The fourth-order valence-corrected chi connectivity index (χ4v) is 2.78. The van der Waals surface area contributed by atoms with Gasteiger partial charge in [0, 0.05) is 6.54 Å². The number of thiophene rings is 1. The van der Waals surface area contributed by atoms with E-state index < -0.39 is 23.9 Å². The highest BCUT2D eigenvalue weighted by Crippen LogP contribution is 2.34. The summed E-state index contributed by atoms with van der Waals surface area (Å²) in [6, 6.07) is -0.700. The molecule has 0 aliphatic heterocycles. The topological polar surface area (TPSA) is 131 Å². The van der Waals surface area contributed by atoms with E-state index in [1.165, 1.54) is 21.1 Å². The minimum absolute atomic E-state index is 0.0475. The van der Waals surface area contributed by atoms with Crippen molar-refractivity contribution in [2.45, 2.75) is 13.3 Å². The molecular formula is C13H16N2O7S. The first kappa shape index (κ1) is 18.4. The number of hydrogen-bond donors (Lipinski definition) is 3. The molecule has 0 radical (unpaired) electrons. The predicted molar refractivity (Wildman–Crippen MR) is 81.0 cm³/mol. The van der Waals surface area contributed by atoms with Gasteiger partial charge in [-0.1, -0.05) is 0 Å². The van der Waals surface area contributed by atoms with Crippen LogP contribution >= 0.6 is 11.3 Å². The molecule has 0 bridgehead atoms. The van der Waals surface area contributed by atoms with Crippen LogP contribution in [0, 0.1) is 6.92 Å². The molecule has 0 saturated heterocycles. The van der Waals surface area contributed by atoms with Crippen molar-refractivity contribution in [1.82, 2.24) is 5.32 Å². The second-order valence-corrected chi connectivity index (χ2v) is 5.29. The maximum Gasteiger partial charge on any atom is 0.348 e. The van der Waals surface area contributed by atoms with Gasteiger partial charge in [-0.25, -0.2) is 14.4 Å². The van der Waals surface area contributed by atoms with E-state index in [0.717, 1.165) is 11.3 Å². The van der Waals surface area contributed by atoms with E-state index in [1.54, 1.807) is 0 Å². The van der Waals surface area contributed by atoms with Crippen LogP contribution in [-0.4, -0.2) is 49.8 Å². The zero-order valence-corrected chi connectivity index (χ0v) is 13.5. The Hall–Kier alpha value is -2.62. The molecule has 0 aliphatic carbocycles. The molecule has 23 heavy (non-hydrogen) atoms. The summed E-state index contributed by atoms with van der Waals surface area (Å²) < 4.78 is 9.27. The third-order valence-electron chi connectivity index (χ3n) is 2.76. The largest absolute Gasteiger partial charge is 0.481 e. The predicted octanol–water partition coefficient (Wildman–Crippen LogP) is 1.23. The normalized spacial score (nSPS) is 9.87. The smallest absolute Gasteiger partial charge is 0.348 e. The Labute approximate surface area is 135 Å². The fourth-order valence-electron chi connectivity index (χ4n) is 1.67. The lowest BCUT2D eigenvalue weighted by molar-refractivity contribution is -0.136. The number of ether oxygens (including phenoxy) is 2. The van der Waals surface area contributed by atoms with Gasteiger partial charge in [0.25, 0.3) is 0 Å². The third kappa shape index (κ3) is 4.68. The molecule has 2 amide bonds. The number of methoxy groups -OCH3 is 2. The summed E-state index contributed by atoms with van der Waals surface area (Å²) in [5, 5.41) is 13.4. The summed E-state index contributed by atoms with van der Waals surface area (Å²) in [5.74, 6) is -2.41. The van der Waals surface area contributed by atoms with Crippen molar-refractivity contribution in [3.63, 3.8) is 0 Å². The van der Waals surface area contributed by atoms with Crippen molar-refractivity contribution in [1.29, 1.82) is 0 Å². The first-order valence-corrected chi connectivity index (χ1v) is 7.20. The van der Waals surface area contributed by atoms with E-state index in [4.69, 9.17) is 5.11 Å². The third-order valence-corrected chi connectivity index (χ3v) is 3.95. The Morgan fingerprint density at radius 1 is 1.13 bits per heavy atom. The highest BCUT2D eigenvalue weighted by atomic mass is 32.1. The molecule has 1 rings (SSSR count). The van der Waals surface area contributed by atoms with Gasteiger partial charge in [-0.2, -0.15) is 0 Å². The number of esters is 2. The summed E-state index contributed by atoms with van der Waals surface area (Å²) in [5.41, 5.74) is 0.376. The van der Waals surface area contributed by atoms with Crippen LogP contribution in [0.25, 0.3) is 0 Å². The molecule has 0 aliphatic rings. The number of carbonyl (C=O) groups excluding carboxylic acids is 3. The van der Waals surface area contributed by atoms with Crippen LogP contribution in [0.4, 0.5) is 9.80 Å². The summed E-state index contributed by atoms with van der Waals surface area (Å²) in [7, 11) is 2.37. The number of urea groups is 1. The molecule has 0 spiro atoms. The van der Waals surface area contributed by atoms with Gasteiger partial charge in [0.2, 0.25) is 0 Å². The van der Waals surface area contributed by atoms with Crippen molar-refractivity contribution in [3.05, 3.63) is 16.0 Å². The molecule has 3 N–H and O–H groups in total. The summed E-state index contributed by atoms with van der Waals surface area (Å²) in [6.07, 6.45) is -0.242. The number of carboxylic acids is 1. The van der Waals surface area contributed by atoms with Crippen LogP contribution in [0.1, 0.15) is 32.0 Å². The van der Waals surface area contributed by atoms with Crippen LogP contribution in [0.15, 0.2) is 0 Å². The fraction of sp³-hybridized carbons (Fsp3) is 0.385. The van der Waals surface area contributed by atoms with E-state index in [1.807, 2.05) is 0 Å². The Morgan fingerprint density at radius 2 is 1.74 bits per heavy atom. The molecule has 0 atom stereocenters. The lowest BCUT2D eigenvalue weighted by Gasteiger charge is -2.07. The van der Waals surface area contributed by atoms with E-state index in [2.05, 4.69) is 20.1 Å². The minimum atomic E-state index is -1.06. The van der Waals surface area contributed by atoms with Gasteiger partial charge in [-0.15, -0.1) is 11.3 Å². The molecule has 1 heterocycles. The van der Waals surface area contributed by atoms with Crippen molar-refractivity contribution < 1.29 is 33.8 Å². The van der Waals surface area contributed by atoms with Crippen LogP contribution in [0.5, 0.6) is 0 Å². The van der Waals surface area contributed by atoms with E-state index in [9.17, 15) is 19.2 Å². The van der Waals surface area contributed by atoms with E-state index >= 15 is 0 Å². The number of amides is 2. The highest BCUT2D eigenvalue weighted by molar-refractivity contribution is 7.18. The Kier molecular flexibility index (Phi) is 6.51. The maximum atomic E-state index is 11.8. The average molecular weight is 344 g/mol.